The molecule has 9 heavy (non-hydrogen) atoms. The molecule has 0 aromatic heterocycles. The van der Waals surface area contributed by atoms with Crippen molar-refractivity contribution in [1.29, 1.82) is 0 Å². The van der Waals surface area contributed by atoms with E-state index in [1.807, 2.05) is 0 Å². The summed E-state index contributed by atoms with van der Waals surface area (Å²) < 4.78 is 6.36. The standard InChI is InChI=1S/C7H13IO/c1-2-7-5-6(8)3-4-9-7/h6-7H,2-5H2,1H3. The molecule has 0 bridgehead atoms. The maximum absolute atomic E-state index is 5.49. The summed E-state index contributed by atoms with van der Waals surface area (Å²) in [5.41, 5.74) is 0. The average molecular weight is 240 g/mol. The first-order valence-corrected chi connectivity index (χ1v) is 4.83. The van der Waals surface area contributed by atoms with Crippen LogP contribution in [0, 0.1) is 0 Å². The highest BCUT2D eigenvalue weighted by Gasteiger charge is 2.17. The molecular weight excluding hydrogens is 227 g/mol. The fourth-order valence-electron chi connectivity index (χ4n) is 1.12. The van der Waals surface area contributed by atoms with E-state index < -0.39 is 0 Å². The minimum Gasteiger partial charge on any atom is -0.378 e. The van der Waals surface area contributed by atoms with Crippen molar-refractivity contribution >= 4 is 22.6 Å². The Kier molecular flexibility index (Phi) is 3.26. The molecular formula is C7H13IO. The van der Waals surface area contributed by atoms with Gasteiger partial charge < -0.3 is 4.74 Å². The first-order valence-electron chi connectivity index (χ1n) is 3.58. The van der Waals surface area contributed by atoms with E-state index in [2.05, 4.69) is 29.5 Å². The van der Waals surface area contributed by atoms with Gasteiger partial charge in [-0.3, -0.25) is 0 Å². The molecule has 1 aliphatic rings. The van der Waals surface area contributed by atoms with E-state index in [4.69, 9.17) is 4.74 Å². The molecule has 1 aliphatic heterocycles. The van der Waals surface area contributed by atoms with Gasteiger partial charge in [0.2, 0.25) is 0 Å². The van der Waals surface area contributed by atoms with E-state index in [1.54, 1.807) is 0 Å². The van der Waals surface area contributed by atoms with Crippen molar-refractivity contribution in [3.05, 3.63) is 0 Å². The van der Waals surface area contributed by atoms with Crippen molar-refractivity contribution in [3.8, 4) is 0 Å². The topological polar surface area (TPSA) is 9.23 Å². The van der Waals surface area contributed by atoms with Crippen LogP contribution in [0.25, 0.3) is 0 Å². The lowest BCUT2D eigenvalue weighted by Gasteiger charge is -2.24. The highest BCUT2D eigenvalue weighted by atomic mass is 127. The molecule has 1 fully saturated rings. The van der Waals surface area contributed by atoms with Crippen molar-refractivity contribution < 1.29 is 4.74 Å². The van der Waals surface area contributed by atoms with Gasteiger partial charge in [0.1, 0.15) is 0 Å². The SMILES string of the molecule is CCC1CC(I)CCO1. The molecule has 0 aliphatic carbocycles. The first kappa shape index (κ1) is 7.79. The number of halogens is 1. The van der Waals surface area contributed by atoms with Gasteiger partial charge >= 0.3 is 0 Å². The number of hydrogen-bond acceptors (Lipinski definition) is 1. The Balaban J connectivity index is 2.23. The highest BCUT2D eigenvalue weighted by Crippen LogP contribution is 2.22. The van der Waals surface area contributed by atoms with Crippen LogP contribution in [0.1, 0.15) is 26.2 Å². The first-order chi connectivity index (χ1) is 4.33. The van der Waals surface area contributed by atoms with E-state index in [0.29, 0.717) is 6.10 Å². The summed E-state index contributed by atoms with van der Waals surface area (Å²) in [4.78, 5) is 0. The van der Waals surface area contributed by atoms with Crippen LogP contribution in [0.4, 0.5) is 0 Å². The summed E-state index contributed by atoms with van der Waals surface area (Å²) in [6, 6.07) is 0. The van der Waals surface area contributed by atoms with Gasteiger partial charge in [0, 0.05) is 10.5 Å². The van der Waals surface area contributed by atoms with Crippen molar-refractivity contribution in [2.45, 2.75) is 36.2 Å². The van der Waals surface area contributed by atoms with Gasteiger partial charge in [-0.2, -0.15) is 0 Å². The molecule has 0 spiro atoms. The Bertz CT molecular complexity index is 85.0. The van der Waals surface area contributed by atoms with Gasteiger partial charge in [0.05, 0.1) is 6.10 Å². The van der Waals surface area contributed by atoms with E-state index >= 15 is 0 Å². The molecule has 1 saturated heterocycles. The summed E-state index contributed by atoms with van der Waals surface area (Å²) in [5.74, 6) is 0. The molecule has 0 radical (unpaired) electrons. The van der Waals surface area contributed by atoms with E-state index in [9.17, 15) is 0 Å². The maximum atomic E-state index is 5.49. The van der Waals surface area contributed by atoms with Gasteiger partial charge in [-0.25, -0.2) is 0 Å². The molecule has 0 aromatic carbocycles. The third kappa shape index (κ3) is 2.42. The molecule has 0 aromatic rings. The molecule has 0 N–H and O–H groups in total. The number of rotatable bonds is 1. The predicted octanol–water partition coefficient (Wildman–Crippen LogP) is 2.38. The Morgan fingerprint density at radius 2 is 2.44 bits per heavy atom. The van der Waals surface area contributed by atoms with Crippen LogP contribution in [0.5, 0.6) is 0 Å². The Hall–Kier alpha value is 0.690. The maximum Gasteiger partial charge on any atom is 0.0582 e. The van der Waals surface area contributed by atoms with Gasteiger partial charge in [-0.15, -0.1) is 0 Å². The molecule has 0 amide bonds. The lowest BCUT2D eigenvalue weighted by atomic mass is 10.1. The lowest BCUT2D eigenvalue weighted by molar-refractivity contribution is 0.0191. The zero-order valence-corrected chi connectivity index (χ0v) is 7.93. The minimum absolute atomic E-state index is 0.556. The monoisotopic (exact) mass is 240 g/mol. The lowest BCUT2D eigenvalue weighted by Crippen LogP contribution is -2.24. The largest absolute Gasteiger partial charge is 0.378 e. The zero-order valence-electron chi connectivity index (χ0n) is 5.77. The zero-order chi connectivity index (χ0) is 6.69. The van der Waals surface area contributed by atoms with Gasteiger partial charge in [0.25, 0.3) is 0 Å². The highest BCUT2D eigenvalue weighted by molar-refractivity contribution is 14.1. The molecule has 1 rings (SSSR count). The van der Waals surface area contributed by atoms with Crippen LogP contribution in [0.2, 0.25) is 0 Å². The van der Waals surface area contributed by atoms with Crippen LogP contribution in [-0.4, -0.2) is 16.6 Å². The quantitative estimate of drug-likeness (QED) is 0.505. The Labute approximate surface area is 70.3 Å². The number of alkyl halides is 1. The minimum atomic E-state index is 0.556. The summed E-state index contributed by atoms with van der Waals surface area (Å²) in [6.45, 7) is 3.17. The third-order valence-electron chi connectivity index (χ3n) is 1.76. The Morgan fingerprint density at radius 3 is 2.89 bits per heavy atom. The summed E-state index contributed by atoms with van der Waals surface area (Å²) in [5, 5.41) is 0. The Morgan fingerprint density at radius 1 is 1.67 bits per heavy atom. The molecule has 2 atom stereocenters. The van der Waals surface area contributed by atoms with Gasteiger partial charge in [-0.1, -0.05) is 29.5 Å². The van der Waals surface area contributed by atoms with Crippen molar-refractivity contribution in [3.63, 3.8) is 0 Å². The summed E-state index contributed by atoms with van der Waals surface area (Å²) >= 11 is 2.52. The number of ether oxygens (including phenoxy) is 1. The van der Waals surface area contributed by atoms with Crippen LogP contribution in [0.15, 0.2) is 0 Å². The van der Waals surface area contributed by atoms with Crippen LogP contribution in [0.3, 0.4) is 0 Å². The molecule has 0 saturated carbocycles. The fraction of sp³-hybridized carbons (Fsp3) is 1.00. The van der Waals surface area contributed by atoms with Crippen LogP contribution < -0.4 is 0 Å². The third-order valence-corrected chi connectivity index (χ3v) is 2.89. The molecule has 1 heterocycles. The van der Waals surface area contributed by atoms with Gasteiger partial charge in [-0.05, 0) is 19.3 Å². The molecule has 1 nitrogen and oxygen atoms in total. The van der Waals surface area contributed by atoms with Gasteiger partial charge in [0.15, 0.2) is 0 Å². The predicted molar refractivity (Wildman–Crippen MR) is 47.1 cm³/mol. The number of hydrogen-bond donors (Lipinski definition) is 0. The molecule has 54 valence electrons. The van der Waals surface area contributed by atoms with Crippen LogP contribution >= 0.6 is 22.6 Å². The van der Waals surface area contributed by atoms with Crippen molar-refractivity contribution in [2.75, 3.05) is 6.61 Å². The summed E-state index contributed by atoms with van der Waals surface area (Å²) in [6.07, 6.45) is 4.24. The van der Waals surface area contributed by atoms with Crippen molar-refractivity contribution in [2.24, 2.45) is 0 Å². The second-order valence-electron chi connectivity index (χ2n) is 2.52. The van der Waals surface area contributed by atoms with E-state index in [-0.39, 0.29) is 0 Å². The van der Waals surface area contributed by atoms with Crippen LogP contribution in [-0.2, 0) is 4.74 Å². The van der Waals surface area contributed by atoms with Crippen molar-refractivity contribution in [1.82, 2.24) is 0 Å². The fourth-order valence-corrected chi connectivity index (χ4v) is 1.94. The molecule has 2 unspecified atom stereocenters. The molecule has 2 heteroatoms. The summed E-state index contributed by atoms with van der Waals surface area (Å²) in [7, 11) is 0. The normalized spacial score (nSPS) is 36.7. The average Bonchev–Trinajstić information content (AvgIpc) is 1.88. The second-order valence-corrected chi connectivity index (χ2v) is 4.28. The van der Waals surface area contributed by atoms with E-state index in [1.165, 1.54) is 19.3 Å². The van der Waals surface area contributed by atoms with E-state index in [0.717, 1.165) is 10.5 Å². The smallest absolute Gasteiger partial charge is 0.0582 e. The second kappa shape index (κ2) is 3.76.